The molecule has 0 aromatic heterocycles. The minimum absolute atomic E-state index is 0.142. The lowest BCUT2D eigenvalue weighted by molar-refractivity contribution is -0.123. The Labute approximate surface area is 197 Å². The lowest BCUT2D eigenvalue weighted by atomic mass is 9.64. The first-order valence-electron chi connectivity index (χ1n) is 12.0. The van der Waals surface area contributed by atoms with E-state index >= 15 is 0 Å². The van der Waals surface area contributed by atoms with Gasteiger partial charge < -0.3 is 16.0 Å². The highest BCUT2D eigenvalue weighted by atomic mass is 16.1. The molecule has 3 aromatic carbocycles. The van der Waals surface area contributed by atoms with E-state index in [0.29, 0.717) is 0 Å². The molecule has 33 heavy (non-hydrogen) atoms. The van der Waals surface area contributed by atoms with E-state index in [1.165, 1.54) is 11.1 Å². The maximum atomic E-state index is 13.2. The molecule has 1 atom stereocenters. The maximum absolute atomic E-state index is 13.2. The fourth-order valence-corrected chi connectivity index (χ4v) is 5.34. The van der Waals surface area contributed by atoms with E-state index in [2.05, 4.69) is 58.7 Å². The highest BCUT2D eigenvalue weighted by Crippen LogP contribution is 2.43. The number of hydrogen-bond acceptors (Lipinski definition) is 3. The van der Waals surface area contributed by atoms with Crippen molar-refractivity contribution in [2.45, 2.75) is 24.7 Å². The second-order valence-electron chi connectivity index (χ2n) is 9.11. The number of carbonyl (C=O) groups is 1. The highest BCUT2D eigenvalue weighted by molar-refractivity contribution is 5.91. The molecule has 1 saturated heterocycles. The molecule has 3 N–H and O–H groups in total. The predicted octanol–water partition coefficient (Wildman–Crippen LogP) is 3.78. The third kappa shape index (κ3) is 5.02. The van der Waals surface area contributed by atoms with Gasteiger partial charge in [0, 0.05) is 13.1 Å². The Morgan fingerprint density at radius 2 is 1.45 bits per heavy atom. The first-order valence-corrected chi connectivity index (χ1v) is 12.0. The van der Waals surface area contributed by atoms with Gasteiger partial charge in [0.25, 0.3) is 0 Å². The summed E-state index contributed by atoms with van der Waals surface area (Å²) in [5.74, 6) is -0.118. The Kier molecular flexibility index (Phi) is 7.58. The van der Waals surface area contributed by atoms with Gasteiger partial charge in [0.05, 0.1) is 0 Å². The van der Waals surface area contributed by atoms with Crippen LogP contribution in [-0.4, -0.2) is 44.0 Å². The van der Waals surface area contributed by atoms with Gasteiger partial charge in [-0.05, 0) is 67.6 Å². The summed E-state index contributed by atoms with van der Waals surface area (Å²) in [5, 5.41) is 3.20. The van der Waals surface area contributed by atoms with Gasteiger partial charge >= 0.3 is 0 Å². The molecule has 4 heteroatoms. The van der Waals surface area contributed by atoms with E-state index in [1.54, 1.807) is 0 Å². The average Bonchev–Trinajstić information content (AvgIpc) is 3.33. The van der Waals surface area contributed by atoms with E-state index in [-0.39, 0.29) is 11.8 Å². The number of carbonyl (C=O) groups excluding carboxylic acids is 1. The van der Waals surface area contributed by atoms with Crippen LogP contribution in [0.15, 0.2) is 84.9 Å². The molecule has 4 nitrogen and oxygen atoms in total. The van der Waals surface area contributed by atoms with E-state index in [9.17, 15) is 4.79 Å². The van der Waals surface area contributed by atoms with Gasteiger partial charge in [-0.2, -0.15) is 0 Å². The van der Waals surface area contributed by atoms with Crippen molar-refractivity contribution >= 4 is 5.91 Å². The summed E-state index contributed by atoms with van der Waals surface area (Å²) in [6.45, 7) is 3.84. The summed E-state index contributed by atoms with van der Waals surface area (Å²) >= 11 is 0. The number of nitrogens with two attached hydrogens (primary N) is 1. The molecule has 172 valence electrons. The fourth-order valence-electron chi connectivity index (χ4n) is 5.34. The van der Waals surface area contributed by atoms with E-state index in [4.69, 9.17) is 5.73 Å². The molecule has 1 fully saturated rings. The Morgan fingerprint density at radius 3 is 1.97 bits per heavy atom. The van der Waals surface area contributed by atoms with Crippen LogP contribution in [0.4, 0.5) is 0 Å². The Balaban J connectivity index is 1.51. The van der Waals surface area contributed by atoms with Crippen molar-refractivity contribution in [1.29, 1.82) is 0 Å². The zero-order valence-corrected chi connectivity index (χ0v) is 19.5. The number of rotatable bonds is 10. The van der Waals surface area contributed by atoms with Gasteiger partial charge in [0.1, 0.15) is 5.41 Å². The summed E-state index contributed by atoms with van der Waals surface area (Å²) in [5.41, 5.74) is 10.1. The molecule has 1 amide bonds. The summed E-state index contributed by atoms with van der Waals surface area (Å²) in [6, 6.07) is 29.2. The molecule has 1 aliphatic rings. The summed E-state index contributed by atoms with van der Waals surface area (Å²) in [6.07, 6.45) is 3.02. The molecule has 0 bridgehead atoms. The van der Waals surface area contributed by atoms with Crippen molar-refractivity contribution in [3.8, 4) is 0 Å². The zero-order chi connectivity index (χ0) is 23.1. The van der Waals surface area contributed by atoms with Crippen molar-refractivity contribution in [3.63, 3.8) is 0 Å². The third-order valence-electron chi connectivity index (χ3n) is 7.14. The van der Waals surface area contributed by atoms with Crippen LogP contribution < -0.4 is 11.1 Å². The first-order chi connectivity index (χ1) is 16.1. The molecule has 3 aromatic rings. The van der Waals surface area contributed by atoms with Gasteiger partial charge in [-0.15, -0.1) is 0 Å². The van der Waals surface area contributed by atoms with E-state index < -0.39 is 5.41 Å². The van der Waals surface area contributed by atoms with Crippen LogP contribution in [0, 0.1) is 5.92 Å². The largest absolute Gasteiger partial charge is 0.369 e. The minimum atomic E-state index is -0.813. The zero-order valence-electron chi connectivity index (χ0n) is 19.5. The summed E-state index contributed by atoms with van der Waals surface area (Å²) < 4.78 is 0. The quantitative estimate of drug-likeness (QED) is 0.503. The SMILES string of the molecule is CNCCc1ccc(CCN2CCC(C(C(N)=O)(c3ccccc3)c3ccccc3)C2)cc1. The van der Waals surface area contributed by atoms with Gasteiger partial charge in [-0.3, -0.25) is 4.79 Å². The van der Waals surface area contributed by atoms with Crippen LogP contribution in [0.2, 0.25) is 0 Å². The number of hydrogen-bond donors (Lipinski definition) is 2. The van der Waals surface area contributed by atoms with Crippen LogP contribution in [0.5, 0.6) is 0 Å². The Morgan fingerprint density at radius 1 is 0.909 bits per heavy atom. The number of likely N-dealkylation sites (N-methyl/N-ethyl adjacent to an activating group) is 1. The van der Waals surface area contributed by atoms with Gasteiger partial charge in [0.2, 0.25) is 5.91 Å². The monoisotopic (exact) mass is 441 g/mol. The Bertz CT molecular complexity index is 978. The van der Waals surface area contributed by atoms with Crippen LogP contribution in [0.1, 0.15) is 28.7 Å². The van der Waals surface area contributed by atoms with Gasteiger partial charge in [-0.1, -0.05) is 84.9 Å². The van der Waals surface area contributed by atoms with Crippen LogP contribution >= 0.6 is 0 Å². The second kappa shape index (κ2) is 10.8. The average molecular weight is 442 g/mol. The number of primary amides is 1. The molecule has 0 aliphatic carbocycles. The molecule has 0 spiro atoms. The number of benzene rings is 3. The van der Waals surface area contributed by atoms with Gasteiger partial charge in [-0.25, -0.2) is 0 Å². The lowest BCUT2D eigenvalue weighted by Crippen LogP contribution is -2.49. The molecule has 1 unspecified atom stereocenters. The molecule has 0 saturated carbocycles. The van der Waals surface area contributed by atoms with Crippen molar-refractivity contribution < 1.29 is 4.79 Å². The molecular formula is C29H35N3O. The standard InChI is InChI=1S/C29H35N3O/c1-31-19-16-23-12-14-24(15-13-23)17-20-32-21-18-27(22-32)29(28(30)33,25-8-4-2-5-9-25)26-10-6-3-7-11-26/h2-15,27,31H,16-22H2,1H3,(H2,30,33). The number of nitrogens with zero attached hydrogens (tertiary/aromatic N) is 1. The highest BCUT2D eigenvalue weighted by Gasteiger charge is 2.49. The van der Waals surface area contributed by atoms with Crippen molar-refractivity contribution in [2.75, 3.05) is 33.2 Å². The smallest absolute Gasteiger partial charge is 0.232 e. The topological polar surface area (TPSA) is 58.4 Å². The van der Waals surface area contributed by atoms with Crippen molar-refractivity contribution in [2.24, 2.45) is 11.7 Å². The van der Waals surface area contributed by atoms with Crippen LogP contribution in [-0.2, 0) is 23.1 Å². The number of amides is 1. The lowest BCUT2D eigenvalue weighted by Gasteiger charge is -2.37. The second-order valence-corrected chi connectivity index (χ2v) is 9.11. The van der Waals surface area contributed by atoms with Crippen molar-refractivity contribution in [1.82, 2.24) is 10.2 Å². The number of likely N-dealkylation sites (tertiary alicyclic amines) is 1. The summed E-state index contributed by atoms with van der Waals surface area (Å²) in [7, 11) is 1.99. The van der Waals surface area contributed by atoms with Crippen molar-refractivity contribution in [3.05, 3.63) is 107 Å². The number of nitrogens with one attached hydrogen (secondary N) is 1. The van der Waals surface area contributed by atoms with Crippen LogP contribution in [0.3, 0.4) is 0 Å². The predicted molar refractivity (Wildman–Crippen MR) is 135 cm³/mol. The first kappa shape index (κ1) is 23.2. The van der Waals surface area contributed by atoms with Crippen LogP contribution in [0.25, 0.3) is 0 Å². The fraction of sp³-hybridized carbons (Fsp3) is 0.345. The normalized spacial score (nSPS) is 16.7. The third-order valence-corrected chi connectivity index (χ3v) is 7.14. The van der Waals surface area contributed by atoms with Gasteiger partial charge in [0.15, 0.2) is 0 Å². The van der Waals surface area contributed by atoms with E-state index in [0.717, 1.165) is 56.6 Å². The molecule has 1 aliphatic heterocycles. The Hall–Kier alpha value is -2.95. The molecule has 4 rings (SSSR count). The molecule has 0 radical (unpaired) electrons. The minimum Gasteiger partial charge on any atom is -0.369 e. The molecular weight excluding hydrogens is 406 g/mol. The maximum Gasteiger partial charge on any atom is 0.232 e. The van der Waals surface area contributed by atoms with E-state index in [1.807, 2.05) is 43.4 Å². The molecule has 1 heterocycles. The summed E-state index contributed by atoms with van der Waals surface area (Å²) in [4.78, 5) is 15.7.